The monoisotopic (exact) mass is 332 g/mol. The van der Waals surface area contributed by atoms with E-state index in [9.17, 15) is 9.59 Å². The molecule has 0 atom stereocenters. The summed E-state index contributed by atoms with van der Waals surface area (Å²) in [4.78, 5) is 23.1. The average Bonchev–Trinajstić information content (AvgIpc) is 2.23. The molecule has 0 aliphatic carbocycles. The smallest absolute Gasteiger partial charge is 0.251 e. The lowest BCUT2D eigenvalue weighted by Crippen LogP contribution is -2.39. The Labute approximate surface area is 119 Å². The predicted octanol–water partition coefficient (Wildman–Crippen LogP) is 2.36. The van der Waals surface area contributed by atoms with Crippen LogP contribution in [0, 0.1) is 0 Å². The summed E-state index contributed by atoms with van der Waals surface area (Å²) in [6.45, 7) is 3.66. The fourth-order valence-electron chi connectivity index (χ4n) is 1.32. The molecule has 1 rings (SSSR count). The topological polar surface area (TPSA) is 58.2 Å². The summed E-state index contributed by atoms with van der Waals surface area (Å²) in [5.74, 6) is -0.559. The van der Waals surface area contributed by atoms with E-state index in [1.807, 2.05) is 13.8 Å². The first-order valence-corrected chi connectivity index (χ1v) is 6.59. The molecule has 6 heteroatoms. The van der Waals surface area contributed by atoms with Crippen molar-refractivity contribution in [2.75, 3.05) is 6.54 Å². The van der Waals surface area contributed by atoms with Crippen LogP contribution in [0.1, 0.15) is 24.2 Å². The van der Waals surface area contributed by atoms with Gasteiger partial charge in [-0.2, -0.15) is 0 Å². The fourth-order valence-corrected chi connectivity index (χ4v) is 2.18. The van der Waals surface area contributed by atoms with Crippen molar-refractivity contribution in [2.24, 2.45) is 0 Å². The van der Waals surface area contributed by atoms with E-state index in [-0.39, 0.29) is 24.4 Å². The summed E-state index contributed by atoms with van der Waals surface area (Å²) in [6, 6.07) is 4.92. The van der Waals surface area contributed by atoms with Gasteiger partial charge >= 0.3 is 0 Å². The number of benzene rings is 1. The van der Waals surface area contributed by atoms with E-state index in [4.69, 9.17) is 11.6 Å². The molecular weight excluding hydrogens is 320 g/mol. The Bertz CT molecular complexity index is 443. The van der Waals surface area contributed by atoms with E-state index in [0.717, 1.165) is 0 Å². The maximum Gasteiger partial charge on any atom is 0.251 e. The molecule has 2 N–H and O–H groups in total. The van der Waals surface area contributed by atoms with Crippen molar-refractivity contribution in [1.29, 1.82) is 0 Å². The van der Waals surface area contributed by atoms with E-state index >= 15 is 0 Å². The minimum absolute atomic E-state index is 0.0507. The molecule has 98 valence electrons. The Kier molecular flexibility index (Phi) is 5.62. The van der Waals surface area contributed by atoms with Crippen LogP contribution in [0.3, 0.4) is 0 Å². The minimum atomic E-state index is -0.336. The molecule has 0 aliphatic rings. The lowest BCUT2D eigenvalue weighted by Gasteiger charge is -2.09. The highest BCUT2D eigenvalue weighted by Gasteiger charge is 2.10. The molecule has 0 unspecified atom stereocenters. The van der Waals surface area contributed by atoms with Gasteiger partial charge in [-0.05, 0) is 32.0 Å². The Morgan fingerprint density at radius 2 is 2.00 bits per heavy atom. The van der Waals surface area contributed by atoms with Crippen molar-refractivity contribution >= 4 is 39.3 Å². The number of rotatable bonds is 4. The summed E-state index contributed by atoms with van der Waals surface area (Å²) in [6.07, 6.45) is 0. The van der Waals surface area contributed by atoms with Crippen LogP contribution in [-0.4, -0.2) is 24.4 Å². The molecule has 18 heavy (non-hydrogen) atoms. The highest BCUT2D eigenvalue weighted by molar-refractivity contribution is 9.10. The van der Waals surface area contributed by atoms with Gasteiger partial charge in [0.15, 0.2) is 0 Å². The molecule has 2 amide bonds. The van der Waals surface area contributed by atoms with Crippen LogP contribution in [0.4, 0.5) is 0 Å². The molecule has 0 saturated heterocycles. The van der Waals surface area contributed by atoms with Crippen molar-refractivity contribution in [3.05, 3.63) is 33.3 Å². The molecule has 0 saturated carbocycles. The first-order chi connectivity index (χ1) is 8.38. The SMILES string of the molecule is CC(C)NC(=O)CNC(=O)c1cc(Cl)cc(Br)c1. The van der Waals surface area contributed by atoms with E-state index in [1.165, 1.54) is 0 Å². The van der Waals surface area contributed by atoms with Gasteiger partial charge in [-0.15, -0.1) is 0 Å². The summed E-state index contributed by atoms with van der Waals surface area (Å²) in [7, 11) is 0. The zero-order chi connectivity index (χ0) is 13.7. The van der Waals surface area contributed by atoms with E-state index in [0.29, 0.717) is 15.1 Å². The van der Waals surface area contributed by atoms with Gasteiger partial charge < -0.3 is 10.6 Å². The molecule has 0 aromatic heterocycles. The second-order valence-electron chi connectivity index (χ2n) is 4.06. The largest absolute Gasteiger partial charge is 0.352 e. The van der Waals surface area contributed by atoms with Gasteiger partial charge in [0.05, 0.1) is 6.54 Å². The molecule has 1 aromatic rings. The Hall–Kier alpha value is -1.07. The van der Waals surface area contributed by atoms with E-state index in [2.05, 4.69) is 26.6 Å². The van der Waals surface area contributed by atoms with Gasteiger partial charge in [0, 0.05) is 21.1 Å². The average molecular weight is 334 g/mol. The number of hydrogen-bond acceptors (Lipinski definition) is 2. The Morgan fingerprint density at radius 3 is 2.56 bits per heavy atom. The van der Waals surface area contributed by atoms with Crippen molar-refractivity contribution in [3.8, 4) is 0 Å². The van der Waals surface area contributed by atoms with Crippen LogP contribution in [0.25, 0.3) is 0 Å². The number of carbonyl (C=O) groups is 2. The van der Waals surface area contributed by atoms with Crippen molar-refractivity contribution in [1.82, 2.24) is 10.6 Å². The van der Waals surface area contributed by atoms with Crippen LogP contribution in [-0.2, 0) is 4.79 Å². The Morgan fingerprint density at radius 1 is 1.33 bits per heavy atom. The van der Waals surface area contributed by atoms with Crippen molar-refractivity contribution < 1.29 is 9.59 Å². The third-order valence-corrected chi connectivity index (χ3v) is 2.66. The predicted molar refractivity (Wildman–Crippen MR) is 74.8 cm³/mol. The van der Waals surface area contributed by atoms with Crippen LogP contribution in [0.15, 0.2) is 22.7 Å². The molecule has 1 aromatic carbocycles. The molecule has 0 radical (unpaired) electrons. The van der Waals surface area contributed by atoms with Gasteiger partial charge in [0.25, 0.3) is 5.91 Å². The van der Waals surface area contributed by atoms with Gasteiger partial charge in [0.2, 0.25) is 5.91 Å². The Balaban J connectivity index is 2.58. The first-order valence-electron chi connectivity index (χ1n) is 5.42. The molecule has 0 fully saturated rings. The van der Waals surface area contributed by atoms with Crippen molar-refractivity contribution in [2.45, 2.75) is 19.9 Å². The maximum absolute atomic E-state index is 11.8. The number of nitrogens with one attached hydrogen (secondary N) is 2. The van der Waals surface area contributed by atoms with Crippen LogP contribution in [0.5, 0.6) is 0 Å². The molecule has 0 bridgehead atoms. The third-order valence-electron chi connectivity index (χ3n) is 1.98. The summed E-state index contributed by atoms with van der Waals surface area (Å²) in [5, 5.41) is 5.67. The maximum atomic E-state index is 11.8. The van der Waals surface area contributed by atoms with E-state index in [1.54, 1.807) is 18.2 Å². The second kappa shape index (κ2) is 6.75. The highest BCUT2D eigenvalue weighted by Crippen LogP contribution is 2.19. The van der Waals surface area contributed by atoms with E-state index < -0.39 is 0 Å². The van der Waals surface area contributed by atoms with Crippen molar-refractivity contribution in [3.63, 3.8) is 0 Å². The standard InChI is InChI=1S/C12H14BrClN2O2/c1-7(2)16-11(17)6-15-12(18)8-3-9(13)5-10(14)4-8/h3-5,7H,6H2,1-2H3,(H,15,18)(H,16,17). The van der Waals surface area contributed by atoms with Gasteiger partial charge in [-0.25, -0.2) is 0 Å². The normalized spacial score (nSPS) is 10.3. The number of hydrogen-bond donors (Lipinski definition) is 2. The van der Waals surface area contributed by atoms with Gasteiger partial charge in [-0.1, -0.05) is 27.5 Å². The third kappa shape index (κ3) is 5.06. The molecule has 0 aliphatic heterocycles. The summed E-state index contributed by atoms with van der Waals surface area (Å²) in [5.41, 5.74) is 0.409. The summed E-state index contributed by atoms with van der Waals surface area (Å²) >= 11 is 9.09. The molecule has 0 spiro atoms. The molecular formula is C12H14BrClN2O2. The fraction of sp³-hybridized carbons (Fsp3) is 0.333. The lowest BCUT2D eigenvalue weighted by atomic mass is 10.2. The van der Waals surface area contributed by atoms with Gasteiger partial charge in [0.1, 0.15) is 0 Å². The quantitative estimate of drug-likeness (QED) is 0.888. The molecule has 0 heterocycles. The van der Waals surface area contributed by atoms with Crippen LogP contribution >= 0.6 is 27.5 Å². The second-order valence-corrected chi connectivity index (χ2v) is 5.42. The minimum Gasteiger partial charge on any atom is -0.352 e. The van der Waals surface area contributed by atoms with Crippen LogP contribution < -0.4 is 10.6 Å². The van der Waals surface area contributed by atoms with Gasteiger partial charge in [-0.3, -0.25) is 9.59 Å². The first kappa shape index (κ1) is 15.0. The lowest BCUT2D eigenvalue weighted by molar-refractivity contribution is -0.120. The molecule has 4 nitrogen and oxygen atoms in total. The van der Waals surface area contributed by atoms with Crippen LogP contribution in [0.2, 0.25) is 5.02 Å². The zero-order valence-electron chi connectivity index (χ0n) is 10.1. The number of halogens is 2. The highest BCUT2D eigenvalue weighted by atomic mass is 79.9. The zero-order valence-corrected chi connectivity index (χ0v) is 12.4. The summed E-state index contributed by atoms with van der Waals surface area (Å²) < 4.78 is 0.715. The number of carbonyl (C=O) groups excluding carboxylic acids is 2. The number of amides is 2.